The third kappa shape index (κ3) is 7.11. The van der Waals surface area contributed by atoms with E-state index in [2.05, 4.69) is 35.2 Å². The van der Waals surface area contributed by atoms with Gasteiger partial charge in [0.15, 0.2) is 23.4 Å². The van der Waals surface area contributed by atoms with Crippen LogP contribution in [0.1, 0.15) is 31.8 Å². The molecule has 41 heavy (non-hydrogen) atoms. The van der Waals surface area contributed by atoms with Gasteiger partial charge in [-0.2, -0.15) is 9.65 Å². The highest BCUT2D eigenvalue weighted by Gasteiger charge is 2.34. The van der Waals surface area contributed by atoms with Gasteiger partial charge in [0.25, 0.3) is 0 Å². The number of hydrogen-bond donors (Lipinski definition) is 0. The van der Waals surface area contributed by atoms with E-state index in [1.165, 1.54) is 54.6 Å². The van der Waals surface area contributed by atoms with Crippen LogP contribution in [0, 0.1) is 23.0 Å². The number of nitriles is 1. The summed E-state index contributed by atoms with van der Waals surface area (Å²) < 4.78 is 48.2. The third-order valence-corrected chi connectivity index (χ3v) is 5.24. The van der Waals surface area contributed by atoms with Gasteiger partial charge in [-0.1, -0.05) is 5.73 Å². The van der Waals surface area contributed by atoms with Crippen molar-refractivity contribution in [3.63, 3.8) is 0 Å². The molecule has 1 heterocycles. The topological polar surface area (TPSA) is 115 Å². The van der Waals surface area contributed by atoms with Gasteiger partial charge in [-0.15, -0.1) is 0 Å². The van der Waals surface area contributed by atoms with E-state index in [4.69, 9.17) is 24.2 Å². The number of carbonyl (C=O) groups excluding carboxylic acids is 3. The molecule has 0 saturated carbocycles. The maximum Gasteiger partial charge on any atom is 0.343 e. The molecule has 0 bridgehead atoms. The SMILES string of the molecule is C=C=C=C=C=C=C(OC(=O)C1CO1)c1ccc(C(=O)Oc2ccc(C(=O)Oc3ccc(C#N)c(F)c3F)cc2)cc1. The molecule has 1 aliphatic heterocycles. The monoisotopic (exact) mass is 551 g/mol. The summed E-state index contributed by atoms with van der Waals surface area (Å²) in [6, 6.07) is 14.4. The van der Waals surface area contributed by atoms with E-state index in [0.29, 0.717) is 5.56 Å². The number of epoxide rings is 1. The number of halogens is 2. The molecule has 0 N–H and O–H groups in total. The Kier molecular flexibility index (Phi) is 8.69. The second-order valence-corrected chi connectivity index (χ2v) is 7.98. The first-order chi connectivity index (χ1) is 19.8. The van der Waals surface area contributed by atoms with Gasteiger partial charge in [-0.3, -0.25) is 0 Å². The Morgan fingerprint density at radius 2 is 1.44 bits per heavy atom. The number of benzene rings is 3. The number of carbonyl (C=O) groups is 3. The quantitative estimate of drug-likeness (QED) is 0.133. The number of nitrogens with zero attached hydrogens (tertiary/aromatic N) is 1. The van der Waals surface area contributed by atoms with Crippen molar-refractivity contribution < 1.29 is 42.1 Å². The Morgan fingerprint density at radius 3 is 2.05 bits per heavy atom. The molecule has 1 unspecified atom stereocenters. The van der Waals surface area contributed by atoms with Crippen LogP contribution in [0.5, 0.6) is 11.5 Å². The lowest BCUT2D eigenvalue weighted by Gasteiger charge is -2.08. The standard InChI is InChI=1S/C31H15F2NO7/c1-2-3-4-5-6-24(40-31(37)26-18-38-26)19-7-9-20(10-8-19)29(35)39-23-14-11-21(12-15-23)30(36)41-25-16-13-22(17-34)27(32)28(25)33/h7-16,26H,1,18H2. The Hall–Kier alpha value is -5.98. The minimum absolute atomic E-state index is 0.00915. The van der Waals surface area contributed by atoms with Gasteiger partial charge in [0.2, 0.25) is 5.82 Å². The molecule has 10 heteroatoms. The molecule has 0 radical (unpaired) electrons. The fourth-order valence-corrected chi connectivity index (χ4v) is 3.11. The molecule has 1 aliphatic rings. The van der Waals surface area contributed by atoms with Gasteiger partial charge in [0, 0.05) is 5.56 Å². The fraction of sp³-hybridized carbons (Fsp3) is 0.0645. The highest BCUT2D eigenvalue weighted by molar-refractivity contribution is 5.93. The van der Waals surface area contributed by atoms with E-state index >= 15 is 0 Å². The molecule has 1 atom stereocenters. The van der Waals surface area contributed by atoms with Crippen LogP contribution in [0.3, 0.4) is 0 Å². The number of hydrogen-bond acceptors (Lipinski definition) is 8. The summed E-state index contributed by atoms with van der Waals surface area (Å²) in [6.07, 6.45) is -0.651. The van der Waals surface area contributed by atoms with Crippen LogP contribution in [0.25, 0.3) is 5.76 Å². The van der Waals surface area contributed by atoms with E-state index < -0.39 is 47.0 Å². The lowest BCUT2D eigenvalue weighted by molar-refractivity contribution is -0.138. The van der Waals surface area contributed by atoms with Crippen LogP contribution < -0.4 is 9.47 Å². The molecule has 0 aliphatic carbocycles. The van der Waals surface area contributed by atoms with Crippen molar-refractivity contribution in [2.75, 3.05) is 6.61 Å². The van der Waals surface area contributed by atoms with Crippen LogP contribution in [-0.2, 0) is 14.3 Å². The van der Waals surface area contributed by atoms with Crippen molar-refractivity contribution in [1.82, 2.24) is 0 Å². The molecule has 3 aromatic rings. The van der Waals surface area contributed by atoms with Crippen molar-refractivity contribution in [2.45, 2.75) is 6.10 Å². The lowest BCUT2D eigenvalue weighted by atomic mass is 10.1. The zero-order chi connectivity index (χ0) is 29.4. The minimum atomic E-state index is -1.47. The van der Waals surface area contributed by atoms with Crippen LogP contribution >= 0.6 is 0 Å². The number of rotatable bonds is 7. The summed E-state index contributed by atoms with van der Waals surface area (Å²) in [5.74, 6) is -5.83. The molecule has 0 spiro atoms. The molecule has 0 aromatic heterocycles. The second kappa shape index (κ2) is 12.7. The summed E-state index contributed by atoms with van der Waals surface area (Å²) in [7, 11) is 0. The highest BCUT2D eigenvalue weighted by Crippen LogP contribution is 2.24. The fourth-order valence-electron chi connectivity index (χ4n) is 3.11. The Bertz CT molecular complexity index is 1790. The minimum Gasteiger partial charge on any atom is -0.423 e. The summed E-state index contributed by atoms with van der Waals surface area (Å²) in [4.78, 5) is 37.0. The molecule has 1 saturated heterocycles. The summed E-state index contributed by atoms with van der Waals surface area (Å²) >= 11 is 0. The lowest BCUT2D eigenvalue weighted by Crippen LogP contribution is -2.12. The first-order valence-electron chi connectivity index (χ1n) is 11.6. The normalized spacial score (nSPS) is 12.6. The zero-order valence-corrected chi connectivity index (χ0v) is 20.8. The zero-order valence-electron chi connectivity index (χ0n) is 20.8. The molecule has 1 fully saturated rings. The van der Waals surface area contributed by atoms with Crippen molar-refractivity contribution in [1.29, 1.82) is 5.26 Å². The summed E-state index contributed by atoms with van der Waals surface area (Å²) in [5.41, 5.74) is 12.4. The van der Waals surface area contributed by atoms with Gasteiger partial charge in [0.1, 0.15) is 11.8 Å². The molecular formula is C31H15F2NO7. The third-order valence-electron chi connectivity index (χ3n) is 5.24. The molecule has 4 rings (SSSR count). The van der Waals surface area contributed by atoms with Crippen molar-refractivity contribution in [3.8, 4) is 17.6 Å². The summed E-state index contributed by atoms with van der Waals surface area (Å²) in [6.45, 7) is 3.59. The Balaban J connectivity index is 1.44. The van der Waals surface area contributed by atoms with E-state index in [0.717, 1.165) is 12.1 Å². The van der Waals surface area contributed by atoms with Crippen LogP contribution in [0.4, 0.5) is 8.78 Å². The molecule has 200 valence electrons. The van der Waals surface area contributed by atoms with Gasteiger partial charge < -0.3 is 18.9 Å². The van der Waals surface area contributed by atoms with Gasteiger partial charge in [0.05, 0.1) is 23.3 Å². The van der Waals surface area contributed by atoms with Gasteiger partial charge >= 0.3 is 17.9 Å². The predicted octanol–water partition coefficient (Wildman–Crippen LogP) is 4.96. The van der Waals surface area contributed by atoms with Gasteiger partial charge in [-0.05, 0) is 90.2 Å². The molecular weight excluding hydrogens is 536 g/mol. The van der Waals surface area contributed by atoms with E-state index in [1.807, 2.05) is 0 Å². The smallest absolute Gasteiger partial charge is 0.343 e. The number of ether oxygens (including phenoxy) is 4. The Labute approximate surface area is 231 Å². The van der Waals surface area contributed by atoms with Crippen LogP contribution in [0.2, 0.25) is 0 Å². The molecule has 8 nitrogen and oxygen atoms in total. The largest absolute Gasteiger partial charge is 0.423 e. The van der Waals surface area contributed by atoms with Gasteiger partial charge in [-0.25, -0.2) is 18.8 Å². The van der Waals surface area contributed by atoms with Crippen LogP contribution in [-0.4, -0.2) is 30.6 Å². The van der Waals surface area contributed by atoms with Crippen molar-refractivity contribution >= 4 is 23.7 Å². The van der Waals surface area contributed by atoms with E-state index in [1.54, 1.807) is 0 Å². The predicted molar refractivity (Wildman–Crippen MR) is 136 cm³/mol. The summed E-state index contributed by atoms with van der Waals surface area (Å²) in [5, 5.41) is 8.75. The first kappa shape index (κ1) is 28.0. The van der Waals surface area contributed by atoms with Crippen LogP contribution in [0.15, 0.2) is 95.9 Å². The number of esters is 3. The second-order valence-electron chi connectivity index (χ2n) is 7.98. The molecule has 0 amide bonds. The first-order valence-corrected chi connectivity index (χ1v) is 11.6. The maximum absolute atomic E-state index is 14.0. The highest BCUT2D eigenvalue weighted by atomic mass is 19.2. The van der Waals surface area contributed by atoms with E-state index in [9.17, 15) is 23.2 Å². The van der Waals surface area contributed by atoms with Crippen molar-refractivity contribution in [2.24, 2.45) is 0 Å². The maximum atomic E-state index is 14.0. The van der Waals surface area contributed by atoms with E-state index in [-0.39, 0.29) is 29.2 Å². The Morgan fingerprint density at radius 1 is 0.829 bits per heavy atom. The molecule has 3 aromatic carbocycles. The average Bonchev–Trinajstić information content (AvgIpc) is 3.83. The average molecular weight is 551 g/mol. The van der Waals surface area contributed by atoms with Crippen molar-refractivity contribution in [3.05, 3.63) is 130 Å².